The number of carbonyl (C=O) groups is 2. The maximum absolute atomic E-state index is 14.4. The van der Waals surface area contributed by atoms with Crippen molar-refractivity contribution in [1.82, 2.24) is 25.5 Å². The summed E-state index contributed by atoms with van der Waals surface area (Å²) in [5, 5.41) is 15.5. The van der Waals surface area contributed by atoms with Gasteiger partial charge in [0.1, 0.15) is 18.1 Å². The maximum Gasteiger partial charge on any atom is 0.251 e. The van der Waals surface area contributed by atoms with Gasteiger partial charge in [-0.1, -0.05) is 62.8 Å². The first kappa shape index (κ1) is 28.8. The van der Waals surface area contributed by atoms with E-state index in [0.29, 0.717) is 17.4 Å². The molecule has 0 spiro atoms. The molecular weight excluding hydrogens is 547 g/mol. The number of aromatic nitrogens is 4. The Kier molecular flexibility index (Phi) is 8.91. The number of carbonyl (C=O) groups excluding carboxylic acids is 2. The molecule has 6 rings (SSSR count). The number of rotatable bonds is 9. The van der Waals surface area contributed by atoms with Gasteiger partial charge in [-0.2, -0.15) is 4.80 Å². The van der Waals surface area contributed by atoms with Crippen LogP contribution in [0.4, 0.5) is 10.1 Å². The van der Waals surface area contributed by atoms with Crippen LogP contribution in [0.2, 0.25) is 0 Å². The summed E-state index contributed by atoms with van der Waals surface area (Å²) in [5.41, 5.74) is 2.00. The molecule has 0 unspecified atom stereocenters. The minimum atomic E-state index is -1.04. The Balaban J connectivity index is 1.32. The minimum Gasteiger partial charge on any atom is -0.467 e. The van der Waals surface area contributed by atoms with Gasteiger partial charge in [0.25, 0.3) is 11.8 Å². The SMILES string of the molecule is O=C(NC1CCCCC1)[C@@H](c1ccco1)N(C(=O)Cn1nnc(-c2ccccc2F)n1)c1ccc(C2CCCCC2)cc1. The molecule has 2 aromatic heterocycles. The molecule has 4 aromatic rings. The monoisotopic (exact) mass is 584 g/mol. The molecule has 2 amide bonds. The first-order chi connectivity index (χ1) is 21.1. The average molecular weight is 585 g/mol. The van der Waals surface area contributed by atoms with Gasteiger partial charge >= 0.3 is 0 Å². The van der Waals surface area contributed by atoms with Gasteiger partial charge in [-0.05, 0) is 78.8 Å². The van der Waals surface area contributed by atoms with Crippen LogP contribution in [0.5, 0.6) is 0 Å². The number of nitrogens with zero attached hydrogens (tertiary/aromatic N) is 5. The van der Waals surface area contributed by atoms with Crippen LogP contribution in [0.1, 0.15) is 87.5 Å². The van der Waals surface area contributed by atoms with Gasteiger partial charge in [0, 0.05) is 11.7 Å². The average Bonchev–Trinajstić information content (AvgIpc) is 3.74. The number of halogens is 1. The van der Waals surface area contributed by atoms with Crippen molar-refractivity contribution in [3.63, 3.8) is 0 Å². The zero-order chi connectivity index (χ0) is 29.6. The fraction of sp³-hybridized carbons (Fsp3) is 0.424. The second-order valence-electron chi connectivity index (χ2n) is 11.6. The summed E-state index contributed by atoms with van der Waals surface area (Å²) in [6, 6.07) is 16.5. The predicted octanol–water partition coefficient (Wildman–Crippen LogP) is 6.34. The Morgan fingerprint density at radius 2 is 1.65 bits per heavy atom. The van der Waals surface area contributed by atoms with Crippen molar-refractivity contribution in [3.8, 4) is 11.4 Å². The van der Waals surface area contributed by atoms with Crippen molar-refractivity contribution in [3.05, 3.63) is 84.1 Å². The molecule has 43 heavy (non-hydrogen) atoms. The number of hydrogen-bond acceptors (Lipinski definition) is 6. The van der Waals surface area contributed by atoms with Gasteiger partial charge in [-0.3, -0.25) is 14.5 Å². The van der Waals surface area contributed by atoms with Crippen molar-refractivity contribution in [2.45, 2.75) is 88.8 Å². The van der Waals surface area contributed by atoms with E-state index in [1.807, 2.05) is 12.1 Å². The van der Waals surface area contributed by atoms with Crippen LogP contribution in [-0.2, 0) is 16.1 Å². The fourth-order valence-corrected chi connectivity index (χ4v) is 6.39. The van der Waals surface area contributed by atoms with E-state index < -0.39 is 17.8 Å². The molecule has 10 heteroatoms. The molecule has 0 aliphatic heterocycles. The lowest BCUT2D eigenvalue weighted by atomic mass is 9.84. The Hall–Kier alpha value is -4.34. The van der Waals surface area contributed by atoms with Gasteiger partial charge in [0.15, 0.2) is 6.04 Å². The summed E-state index contributed by atoms with van der Waals surface area (Å²) in [6.45, 7) is -0.306. The van der Waals surface area contributed by atoms with Crippen molar-refractivity contribution in [1.29, 1.82) is 0 Å². The summed E-state index contributed by atoms with van der Waals surface area (Å²) in [7, 11) is 0. The van der Waals surface area contributed by atoms with Crippen molar-refractivity contribution < 1.29 is 18.4 Å². The number of tetrazole rings is 1. The zero-order valence-corrected chi connectivity index (χ0v) is 24.2. The van der Waals surface area contributed by atoms with Crippen LogP contribution >= 0.6 is 0 Å². The number of anilines is 1. The standard InChI is InChI=1S/C33H37FN6O3/c34-28-15-8-7-14-27(28)32-36-38-39(37-32)22-30(41)40(26-19-17-24(18-20-26)23-10-3-1-4-11-23)31(29-16-9-21-43-29)33(42)35-25-12-5-2-6-13-25/h7-9,14-21,23,25,31H,1-6,10-13,22H2,(H,35,42)/t31-/m1/s1. The highest BCUT2D eigenvalue weighted by molar-refractivity contribution is 6.01. The summed E-state index contributed by atoms with van der Waals surface area (Å²) in [6.07, 6.45) is 12.6. The number of hydrogen-bond donors (Lipinski definition) is 1. The van der Waals surface area contributed by atoms with Crippen molar-refractivity contribution in [2.24, 2.45) is 0 Å². The molecule has 2 aliphatic carbocycles. The third-order valence-electron chi connectivity index (χ3n) is 8.63. The number of nitrogens with one attached hydrogen (secondary N) is 1. The molecular formula is C33H37FN6O3. The van der Waals surface area contributed by atoms with E-state index in [1.165, 1.54) is 42.1 Å². The Labute approximate surface area is 250 Å². The third-order valence-corrected chi connectivity index (χ3v) is 8.63. The van der Waals surface area contributed by atoms with Gasteiger partial charge < -0.3 is 9.73 Å². The topological polar surface area (TPSA) is 106 Å². The molecule has 2 fully saturated rings. The van der Waals surface area contributed by atoms with E-state index in [0.717, 1.165) is 49.7 Å². The lowest BCUT2D eigenvalue weighted by Gasteiger charge is -2.32. The lowest BCUT2D eigenvalue weighted by molar-refractivity contribution is -0.128. The smallest absolute Gasteiger partial charge is 0.251 e. The Bertz CT molecular complexity index is 1510. The highest BCUT2D eigenvalue weighted by Gasteiger charge is 2.36. The molecule has 2 saturated carbocycles. The summed E-state index contributed by atoms with van der Waals surface area (Å²) in [5.74, 6) is -0.277. The van der Waals surface area contributed by atoms with E-state index >= 15 is 0 Å². The minimum absolute atomic E-state index is 0.0460. The van der Waals surface area contributed by atoms with Crippen LogP contribution in [0.3, 0.4) is 0 Å². The first-order valence-corrected chi connectivity index (χ1v) is 15.4. The molecule has 9 nitrogen and oxygen atoms in total. The zero-order valence-electron chi connectivity index (χ0n) is 24.2. The quantitative estimate of drug-likeness (QED) is 0.246. The van der Waals surface area contributed by atoms with Crippen molar-refractivity contribution >= 4 is 17.5 Å². The van der Waals surface area contributed by atoms with E-state index in [1.54, 1.807) is 30.3 Å². The highest BCUT2D eigenvalue weighted by atomic mass is 19.1. The Morgan fingerprint density at radius 1 is 0.930 bits per heavy atom. The van der Waals surface area contributed by atoms with Crippen LogP contribution in [-0.4, -0.2) is 38.1 Å². The third kappa shape index (κ3) is 6.68. The molecule has 224 valence electrons. The molecule has 0 bridgehead atoms. The summed E-state index contributed by atoms with van der Waals surface area (Å²) >= 11 is 0. The van der Waals surface area contributed by atoms with E-state index in [2.05, 4.69) is 32.9 Å². The highest BCUT2D eigenvalue weighted by Crippen LogP contribution is 2.35. The normalized spacial score (nSPS) is 17.0. The molecule has 2 aromatic carbocycles. The number of amides is 2. The second-order valence-corrected chi connectivity index (χ2v) is 11.6. The number of furan rings is 1. The van der Waals surface area contributed by atoms with E-state index in [4.69, 9.17) is 4.42 Å². The van der Waals surface area contributed by atoms with Gasteiger partial charge in [0.2, 0.25) is 5.82 Å². The maximum atomic E-state index is 14.4. The molecule has 1 atom stereocenters. The largest absolute Gasteiger partial charge is 0.467 e. The molecule has 2 aliphatic rings. The lowest BCUT2D eigenvalue weighted by Crippen LogP contribution is -2.48. The molecule has 0 radical (unpaired) electrons. The van der Waals surface area contributed by atoms with Crippen LogP contribution < -0.4 is 10.2 Å². The first-order valence-electron chi connectivity index (χ1n) is 15.4. The van der Waals surface area contributed by atoms with Crippen LogP contribution in [0.15, 0.2) is 71.3 Å². The second kappa shape index (κ2) is 13.3. The summed E-state index contributed by atoms with van der Waals surface area (Å²) in [4.78, 5) is 30.7. The molecule has 1 N–H and O–H groups in total. The summed E-state index contributed by atoms with van der Waals surface area (Å²) < 4.78 is 20.1. The van der Waals surface area contributed by atoms with Gasteiger partial charge in [-0.25, -0.2) is 4.39 Å². The number of benzene rings is 2. The van der Waals surface area contributed by atoms with E-state index in [-0.39, 0.29) is 29.9 Å². The predicted molar refractivity (Wildman–Crippen MR) is 159 cm³/mol. The van der Waals surface area contributed by atoms with Gasteiger partial charge in [-0.15, -0.1) is 10.2 Å². The van der Waals surface area contributed by atoms with Crippen LogP contribution in [0, 0.1) is 5.82 Å². The van der Waals surface area contributed by atoms with E-state index in [9.17, 15) is 14.0 Å². The fourth-order valence-electron chi connectivity index (χ4n) is 6.39. The Morgan fingerprint density at radius 3 is 2.35 bits per heavy atom. The molecule has 2 heterocycles. The van der Waals surface area contributed by atoms with Crippen molar-refractivity contribution in [2.75, 3.05) is 4.90 Å². The van der Waals surface area contributed by atoms with Crippen LogP contribution in [0.25, 0.3) is 11.4 Å². The molecule has 0 saturated heterocycles. The van der Waals surface area contributed by atoms with Gasteiger partial charge in [0.05, 0.1) is 11.8 Å².